The Morgan fingerprint density at radius 2 is 2.18 bits per heavy atom. The number of amides is 1. The minimum absolute atomic E-state index is 0.0116. The molecule has 1 aromatic carbocycles. The van der Waals surface area contributed by atoms with Crippen LogP contribution in [0.25, 0.3) is 0 Å². The molecule has 0 spiro atoms. The molecule has 2 rings (SSSR count). The predicted molar refractivity (Wildman–Crippen MR) is 84.4 cm³/mol. The fraction of sp³-hybridized carbons (Fsp3) is 0.375. The Hall–Kier alpha value is -2.50. The number of hydrogen-bond donors (Lipinski definition) is 3. The van der Waals surface area contributed by atoms with Gasteiger partial charge in [0.05, 0.1) is 18.5 Å². The summed E-state index contributed by atoms with van der Waals surface area (Å²) in [5.41, 5.74) is 3.28. The summed E-state index contributed by atoms with van der Waals surface area (Å²) in [5.74, 6) is 0.447. The number of aromatic nitrogens is 2. The molecule has 118 valence electrons. The molecule has 0 bridgehead atoms. The van der Waals surface area contributed by atoms with E-state index in [-0.39, 0.29) is 17.6 Å². The third-order valence-electron chi connectivity index (χ3n) is 3.65. The highest BCUT2D eigenvalue weighted by molar-refractivity contribution is 5.93. The molecule has 22 heavy (non-hydrogen) atoms. The lowest BCUT2D eigenvalue weighted by Crippen LogP contribution is -2.15. The van der Waals surface area contributed by atoms with Crippen LogP contribution < -0.4 is 10.1 Å². The number of aromatic hydroxyl groups is 1. The first-order chi connectivity index (χ1) is 10.4. The van der Waals surface area contributed by atoms with Gasteiger partial charge in [0.25, 0.3) is 0 Å². The van der Waals surface area contributed by atoms with E-state index < -0.39 is 0 Å². The molecule has 1 heterocycles. The van der Waals surface area contributed by atoms with Gasteiger partial charge in [0.15, 0.2) is 0 Å². The first kappa shape index (κ1) is 15.9. The van der Waals surface area contributed by atoms with E-state index in [2.05, 4.69) is 15.5 Å². The largest absolute Gasteiger partial charge is 0.506 e. The normalized spacial score (nSPS) is 12.0. The van der Waals surface area contributed by atoms with Gasteiger partial charge in [-0.25, -0.2) is 0 Å². The van der Waals surface area contributed by atoms with E-state index in [1.807, 2.05) is 20.8 Å². The van der Waals surface area contributed by atoms with E-state index in [0.29, 0.717) is 17.9 Å². The lowest BCUT2D eigenvalue weighted by atomic mass is 9.95. The second-order valence-electron chi connectivity index (χ2n) is 5.38. The Morgan fingerprint density at radius 1 is 1.45 bits per heavy atom. The van der Waals surface area contributed by atoms with Crippen LogP contribution in [0, 0.1) is 13.8 Å². The van der Waals surface area contributed by atoms with Crippen molar-refractivity contribution in [1.29, 1.82) is 0 Å². The van der Waals surface area contributed by atoms with Crippen LogP contribution in [0.2, 0.25) is 0 Å². The maximum atomic E-state index is 12.2. The number of aryl methyl sites for hydroxylation is 2. The molecule has 1 aromatic heterocycles. The zero-order chi connectivity index (χ0) is 16.3. The summed E-state index contributed by atoms with van der Waals surface area (Å²) in [4.78, 5) is 12.2. The van der Waals surface area contributed by atoms with Gasteiger partial charge in [-0.05, 0) is 37.5 Å². The maximum absolute atomic E-state index is 12.2. The van der Waals surface area contributed by atoms with Crippen molar-refractivity contribution in [2.24, 2.45) is 0 Å². The van der Waals surface area contributed by atoms with Crippen LogP contribution >= 0.6 is 0 Å². The fourth-order valence-electron chi connectivity index (χ4n) is 2.61. The summed E-state index contributed by atoms with van der Waals surface area (Å²) < 4.78 is 5.09. The van der Waals surface area contributed by atoms with Crippen molar-refractivity contribution in [3.8, 4) is 11.5 Å². The van der Waals surface area contributed by atoms with E-state index in [0.717, 1.165) is 17.0 Å². The first-order valence-electron chi connectivity index (χ1n) is 7.10. The Balaban J connectivity index is 2.07. The van der Waals surface area contributed by atoms with Crippen LogP contribution in [0.3, 0.4) is 0 Å². The van der Waals surface area contributed by atoms with Gasteiger partial charge < -0.3 is 15.2 Å². The summed E-state index contributed by atoms with van der Waals surface area (Å²) in [7, 11) is 1.53. The molecular weight excluding hydrogens is 282 g/mol. The Labute approximate surface area is 129 Å². The van der Waals surface area contributed by atoms with Crippen molar-refractivity contribution in [3.05, 3.63) is 35.2 Å². The molecule has 1 atom stereocenters. The monoisotopic (exact) mass is 303 g/mol. The molecule has 0 saturated carbocycles. The topological polar surface area (TPSA) is 87.2 Å². The van der Waals surface area contributed by atoms with Crippen molar-refractivity contribution < 1.29 is 14.6 Å². The molecule has 0 saturated heterocycles. The predicted octanol–water partition coefficient (Wildman–Crippen LogP) is 2.87. The van der Waals surface area contributed by atoms with E-state index in [1.54, 1.807) is 12.1 Å². The third-order valence-corrected chi connectivity index (χ3v) is 3.65. The second-order valence-corrected chi connectivity index (χ2v) is 5.38. The molecule has 1 amide bonds. The van der Waals surface area contributed by atoms with E-state index in [9.17, 15) is 9.90 Å². The van der Waals surface area contributed by atoms with Gasteiger partial charge in [-0.1, -0.05) is 6.92 Å². The Morgan fingerprint density at radius 3 is 2.77 bits per heavy atom. The average molecular weight is 303 g/mol. The van der Waals surface area contributed by atoms with Crippen LogP contribution in [0.1, 0.15) is 36.2 Å². The van der Waals surface area contributed by atoms with Crippen LogP contribution in [-0.2, 0) is 4.79 Å². The van der Waals surface area contributed by atoms with Gasteiger partial charge in [-0.15, -0.1) is 0 Å². The Kier molecular flexibility index (Phi) is 4.70. The highest BCUT2D eigenvalue weighted by Gasteiger charge is 2.18. The van der Waals surface area contributed by atoms with Crippen molar-refractivity contribution >= 4 is 11.6 Å². The van der Waals surface area contributed by atoms with Crippen molar-refractivity contribution in [2.45, 2.75) is 33.1 Å². The van der Waals surface area contributed by atoms with Gasteiger partial charge in [-0.2, -0.15) is 5.10 Å². The average Bonchev–Trinajstić information content (AvgIpc) is 2.80. The molecule has 0 aliphatic carbocycles. The Bertz CT molecular complexity index is 660. The minimum Gasteiger partial charge on any atom is -0.506 e. The molecule has 0 aliphatic rings. The van der Waals surface area contributed by atoms with Gasteiger partial charge in [0.2, 0.25) is 5.91 Å². The third kappa shape index (κ3) is 3.39. The molecule has 1 unspecified atom stereocenters. The number of ether oxygens (including phenoxy) is 1. The SMILES string of the molecule is COc1ccc(O)c(NC(=O)CC(C)c2c(C)n[nH]c2C)c1. The molecule has 0 aliphatic heterocycles. The maximum Gasteiger partial charge on any atom is 0.225 e. The highest BCUT2D eigenvalue weighted by Crippen LogP contribution is 2.29. The van der Waals surface area contributed by atoms with E-state index in [1.165, 1.54) is 13.2 Å². The van der Waals surface area contributed by atoms with Crippen LogP contribution in [0.15, 0.2) is 18.2 Å². The van der Waals surface area contributed by atoms with Gasteiger partial charge in [-0.3, -0.25) is 9.89 Å². The standard InChI is InChI=1S/C16H21N3O3/c1-9(16-10(2)18-19-11(16)3)7-15(21)17-13-8-12(22-4)5-6-14(13)20/h5-6,8-9,20H,7H2,1-4H3,(H,17,21)(H,18,19). The van der Waals surface area contributed by atoms with Gasteiger partial charge in [0, 0.05) is 18.2 Å². The number of rotatable bonds is 5. The first-order valence-corrected chi connectivity index (χ1v) is 7.10. The molecule has 2 aromatic rings. The summed E-state index contributed by atoms with van der Waals surface area (Å²) in [6.07, 6.45) is 0.303. The summed E-state index contributed by atoms with van der Waals surface area (Å²) >= 11 is 0. The van der Waals surface area contributed by atoms with Crippen molar-refractivity contribution in [2.75, 3.05) is 12.4 Å². The van der Waals surface area contributed by atoms with Crippen LogP contribution in [0.4, 0.5) is 5.69 Å². The molecular formula is C16H21N3O3. The molecule has 6 heteroatoms. The van der Waals surface area contributed by atoms with Crippen molar-refractivity contribution in [3.63, 3.8) is 0 Å². The van der Waals surface area contributed by atoms with Crippen LogP contribution in [-0.4, -0.2) is 28.3 Å². The second kappa shape index (κ2) is 6.51. The number of hydrogen-bond acceptors (Lipinski definition) is 4. The summed E-state index contributed by atoms with van der Waals surface area (Å²) in [6.45, 7) is 5.84. The van der Waals surface area contributed by atoms with E-state index in [4.69, 9.17) is 4.74 Å². The van der Waals surface area contributed by atoms with Crippen LogP contribution in [0.5, 0.6) is 11.5 Å². The van der Waals surface area contributed by atoms with Gasteiger partial charge in [0.1, 0.15) is 11.5 Å². The lowest BCUT2D eigenvalue weighted by Gasteiger charge is -2.13. The van der Waals surface area contributed by atoms with Crippen molar-refractivity contribution in [1.82, 2.24) is 10.2 Å². The number of methoxy groups -OCH3 is 1. The zero-order valence-corrected chi connectivity index (χ0v) is 13.2. The number of carbonyl (C=O) groups excluding carboxylic acids is 1. The molecule has 0 fully saturated rings. The number of H-pyrrole nitrogens is 1. The number of carbonyl (C=O) groups is 1. The molecule has 6 nitrogen and oxygen atoms in total. The quantitative estimate of drug-likeness (QED) is 0.741. The summed E-state index contributed by atoms with van der Waals surface area (Å²) in [5, 5.41) is 19.6. The zero-order valence-electron chi connectivity index (χ0n) is 13.2. The molecule has 3 N–H and O–H groups in total. The minimum atomic E-state index is -0.170. The van der Waals surface area contributed by atoms with E-state index >= 15 is 0 Å². The smallest absolute Gasteiger partial charge is 0.225 e. The lowest BCUT2D eigenvalue weighted by molar-refractivity contribution is -0.116. The summed E-state index contributed by atoms with van der Waals surface area (Å²) in [6, 6.07) is 4.71. The number of benzene rings is 1. The number of aromatic amines is 1. The number of anilines is 1. The number of nitrogens with one attached hydrogen (secondary N) is 2. The number of nitrogens with zero attached hydrogens (tertiary/aromatic N) is 1. The fourth-order valence-corrected chi connectivity index (χ4v) is 2.61. The molecule has 0 radical (unpaired) electrons. The van der Waals surface area contributed by atoms with Gasteiger partial charge >= 0.3 is 0 Å². The number of phenolic OH excluding ortho intramolecular Hbond substituents is 1. The highest BCUT2D eigenvalue weighted by atomic mass is 16.5. The number of phenols is 1.